The van der Waals surface area contributed by atoms with E-state index in [2.05, 4.69) is 5.32 Å². The summed E-state index contributed by atoms with van der Waals surface area (Å²) in [5.41, 5.74) is 2.22. The zero-order valence-corrected chi connectivity index (χ0v) is 11.3. The quantitative estimate of drug-likeness (QED) is 0.819. The van der Waals surface area contributed by atoms with E-state index in [0.29, 0.717) is 18.8 Å². The Hall–Kier alpha value is -2.14. The Morgan fingerprint density at radius 3 is 2.85 bits per heavy atom. The number of aryl methyl sites for hydroxylation is 1. The fraction of sp³-hybridized carbons (Fsp3) is 0.333. The van der Waals surface area contributed by atoms with Crippen molar-refractivity contribution < 1.29 is 19.4 Å². The third kappa shape index (κ3) is 3.68. The molecule has 0 saturated carbocycles. The van der Waals surface area contributed by atoms with Crippen LogP contribution in [0.2, 0.25) is 0 Å². The molecule has 1 atom stereocenters. The van der Waals surface area contributed by atoms with E-state index in [9.17, 15) is 9.59 Å². The van der Waals surface area contributed by atoms with Crippen LogP contribution in [0.1, 0.15) is 27.9 Å². The predicted molar refractivity (Wildman–Crippen MR) is 74.5 cm³/mol. The lowest BCUT2D eigenvalue weighted by Gasteiger charge is -2.11. The van der Waals surface area contributed by atoms with Crippen molar-refractivity contribution in [1.29, 1.82) is 0 Å². The van der Waals surface area contributed by atoms with Crippen LogP contribution < -0.4 is 5.32 Å². The monoisotopic (exact) mass is 275 g/mol. The van der Waals surface area contributed by atoms with E-state index < -0.39 is 5.97 Å². The molecule has 1 aromatic rings. The summed E-state index contributed by atoms with van der Waals surface area (Å²) in [6.07, 6.45) is 3.44. The van der Waals surface area contributed by atoms with Gasteiger partial charge in [-0.2, -0.15) is 0 Å². The molecule has 5 heteroatoms. The van der Waals surface area contributed by atoms with E-state index in [1.807, 2.05) is 6.92 Å². The highest BCUT2D eigenvalue weighted by Crippen LogP contribution is 2.14. The summed E-state index contributed by atoms with van der Waals surface area (Å²) >= 11 is 0. The zero-order chi connectivity index (χ0) is 14.5. The molecule has 0 aliphatic carbocycles. The van der Waals surface area contributed by atoms with Crippen LogP contribution in [0, 0.1) is 6.92 Å². The van der Waals surface area contributed by atoms with Gasteiger partial charge in [0.25, 0.3) is 5.91 Å². The molecule has 1 saturated heterocycles. The largest absolute Gasteiger partial charge is 0.478 e. The first-order chi connectivity index (χ1) is 9.56. The fourth-order valence-electron chi connectivity index (χ4n) is 2.08. The third-order valence-electron chi connectivity index (χ3n) is 3.20. The summed E-state index contributed by atoms with van der Waals surface area (Å²) in [6, 6.07) is 5.27. The molecule has 1 amide bonds. The molecular weight excluding hydrogens is 258 g/mol. The minimum atomic E-state index is -0.993. The van der Waals surface area contributed by atoms with Gasteiger partial charge < -0.3 is 15.2 Å². The van der Waals surface area contributed by atoms with Gasteiger partial charge in [0.15, 0.2) is 0 Å². The highest BCUT2D eigenvalue weighted by atomic mass is 16.5. The number of carbonyl (C=O) groups is 2. The maximum atomic E-state index is 12.1. The first-order valence-electron chi connectivity index (χ1n) is 6.46. The first-order valence-corrected chi connectivity index (χ1v) is 6.46. The van der Waals surface area contributed by atoms with Crippen LogP contribution in [0.4, 0.5) is 0 Å². The highest BCUT2D eigenvalue weighted by molar-refractivity contribution is 5.95. The van der Waals surface area contributed by atoms with Gasteiger partial charge in [0.05, 0.1) is 12.6 Å². The number of amides is 1. The number of carboxylic acids is 1. The van der Waals surface area contributed by atoms with Gasteiger partial charge in [-0.25, -0.2) is 4.79 Å². The maximum Gasteiger partial charge on any atom is 0.328 e. The average Bonchev–Trinajstić information content (AvgIpc) is 2.89. The highest BCUT2D eigenvalue weighted by Gasteiger charge is 2.18. The van der Waals surface area contributed by atoms with E-state index in [-0.39, 0.29) is 11.9 Å². The van der Waals surface area contributed by atoms with Crippen LogP contribution in [0.15, 0.2) is 24.3 Å². The second-order valence-electron chi connectivity index (χ2n) is 4.78. The number of benzene rings is 1. The molecule has 20 heavy (non-hydrogen) atoms. The van der Waals surface area contributed by atoms with Gasteiger partial charge in [-0.15, -0.1) is 0 Å². The minimum absolute atomic E-state index is 0.0781. The number of carboxylic acid groups (broad SMARTS) is 1. The second-order valence-corrected chi connectivity index (χ2v) is 4.78. The van der Waals surface area contributed by atoms with Crippen molar-refractivity contribution in [3.8, 4) is 0 Å². The summed E-state index contributed by atoms with van der Waals surface area (Å²) in [7, 11) is 0. The molecule has 1 aromatic carbocycles. The van der Waals surface area contributed by atoms with Gasteiger partial charge in [0.1, 0.15) is 0 Å². The molecule has 2 rings (SSSR count). The molecule has 2 N–H and O–H groups in total. The molecule has 0 bridgehead atoms. The van der Waals surface area contributed by atoms with Crippen molar-refractivity contribution in [3.63, 3.8) is 0 Å². The summed E-state index contributed by atoms with van der Waals surface area (Å²) in [5.74, 6) is -1.12. The number of hydrogen-bond donors (Lipinski definition) is 2. The standard InChI is InChI=1S/C15H17NO4/c1-10-8-12(3-2-11(10)4-5-14(17)18)15(19)16-13-6-7-20-9-13/h2-5,8,13H,6-7,9H2,1H3,(H,16,19)(H,17,18)/b5-4+. The predicted octanol–water partition coefficient (Wildman–Crippen LogP) is 1.61. The van der Waals surface area contributed by atoms with Crippen molar-refractivity contribution in [2.45, 2.75) is 19.4 Å². The molecule has 0 aromatic heterocycles. The lowest BCUT2D eigenvalue weighted by molar-refractivity contribution is -0.131. The molecule has 1 aliphatic heterocycles. The van der Waals surface area contributed by atoms with E-state index in [4.69, 9.17) is 9.84 Å². The lowest BCUT2D eigenvalue weighted by Crippen LogP contribution is -2.35. The zero-order valence-electron chi connectivity index (χ0n) is 11.3. The molecule has 0 spiro atoms. The van der Waals surface area contributed by atoms with Gasteiger partial charge in [-0.05, 0) is 42.7 Å². The van der Waals surface area contributed by atoms with Gasteiger partial charge in [-0.1, -0.05) is 6.07 Å². The molecule has 1 aliphatic rings. The molecular formula is C15H17NO4. The average molecular weight is 275 g/mol. The van der Waals surface area contributed by atoms with E-state index in [1.165, 1.54) is 6.08 Å². The Labute approximate surface area is 117 Å². The van der Waals surface area contributed by atoms with Crippen molar-refractivity contribution in [2.24, 2.45) is 0 Å². The van der Waals surface area contributed by atoms with Gasteiger partial charge in [-0.3, -0.25) is 4.79 Å². The van der Waals surface area contributed by atoms with Crippen LogP contribution >= 0.6 is 0 Å². The Kier molecular flexibility index (Phi) is 4.53. The van der Waals surface area contributed by atoms with Gasteiger partial charge >= 0.3 is 5.97 Å². The summed E-state index contributed by atoms with van der Waals surface area (Å²) in [5, 5.41) is 11.5. The van der Waals surface area contributed by atoms with Crippen molar-refractivity contribution >= 4 is 18.0 Å². The summed E-state index contributed by atoms with van der Waals surface area (Å²) < 4.78 is 5.21. The van der Waals surface area contributed by atoms with Crippen molar-refractivity contribution in [1.82, 2.24) is 5.32 Å². The van der Waals surface area contributed by atoms with Crippen LogP contribution in [0.5, 0.6) is 0 Å². The SMILES string of the molecule is Cc1cc(C(=O)NC2CCOC2)ccc1/C=C/C(=O)O. The lowest BCUT2D eigenvalue weighted by atomic mass is 10.0. The smallest absolute Gasteiger partial charge is 0.328 e. The normalized spacial score (nSPS) is 18.4. The van der Waals surface area contributed by atoms with E-state index >= 15 is 0 Å². The summed E-state index contributed by atoms with van der Waals surface area (Å²) in [6.45, 7) is 3.09. The van der Waals surface area contributed by atoms with Gasteiger partial charge in [0.2, 0.25) is 0 Å². The topological polar surface area (TPSA) is 75.6 Å². The Bertz CT molecular complexity index is 545. The van der Waals surface area contributed by atoms with Gasteiger partial charge in [0, 0.05) is 18.2 Å². The van der Waals surface area contributed by atoms with Crippen molar-refractivity contribution in [3.05, 3.63) is 41.0 Å². The van der Waals surface area contributed by atoms with Crippen LogP contribution in [0.25, 0.3) is 6.08 Å². The van der Waals surface area contributed by atoms with Crippen molar-refractivity contribution in [2.75, 3.05) is 13.2 Å². The number of nitrogens with one attached hydrogen (secondary N) is 1. The number of ether oxygens (including phenoxy) is 1. The molecule has 5 nitrogen and oxygen atoms in total. The molecule has 0 radical (unpaired) electrons. The molecule has 106 valence electrons. The second kappa shape index (κ2) is 6.34. The summed E-state index contributed by atoms with van der Waals surface area (Å²) in [4.78, 5) is 22.5. The first kappa shape index (κ1) is 14.3. The molecule has 1 fully saturated rings. The maximum absolute atomic E-state index is 12.1. The Morgan fingerprint density at radius 1 is 1.45 bits per heavy atom. The third-order valence-corrected chi connectivity index (χ3v) is 3.20. The van der Waals surface area contributed by atoms with Crippen LogP contribution in [-0.4, -0.2) is 36.2 Å². The fourth-order valence-corrected chi connectivity index (χ4v) is 2.08. The number of carbonyl (C=O) groups excluding carboxylic acids is 1. The number of aliphatic carboxylic acids is 1. The van der Waals surface area contributed by atoms with Crippen LogP contribution in [0.3, 0.4) is 0 Å². The Balaban J connectivity index is 2.07. The Morgan fingerprint density at radius 2 is 2.25 bits per heavy atom. The number of rotatable bonds is 4. The molecule has 1 heterocycles. The minimum Gasteiger partial charge on any atom is -0.478 e. The number of hydrogen-bond acceptors (Lipinski definition) is 3. The molecule has 1 unspecified atom stereocenters. The van der Waals surface area contributed by atoms with E-state index in [0.717, 1.165) is 23.6 Å². The van der Waals surface area contributed by atoms with Crippen LogP contribution in [-0.2, 0) is 9.53 Å². The van der Waals surface area contributed by atoms with E-state index in [1.54, 1.807) is 18.2 Å².